The summed E-state index contributed by atoms with van der Waals surface area (Å²) in [5.41, 5.74) is 1.30. The lowest BCUT2D eigenvalue weighted by molar-refractivity contribution is -0.123. The molecule has 0 aliphatic carbocycles. The van der Waals surface area contributed by atoms with Crippen molar-refractivity contribution >= 4 is 38.9 Å². The van der Waals surface area contributed by atoms with Crippen molar-refractivity contribution in [3.05, 3.63) is 88.3 Å². The Morgan fingerprint density at radius 1 is 1.00 bits per heavy atom. The van der Waals surface area contributed by atoms with Gasteiger partial charge < -0.3 is 5.32 Å². The second kappa shape index (κ2) is 8.67. The van der Waals surface area contributed by atoms with Gasteiger partial charge in [0.25, 0.3) is 10.0 Å². The molecule has 3 rings (SSSR count). The molecule has 2 aromatic carbocycles. The van der Waals surface area contributed by atoms with Crippen LogP contribution in [0.2, 0.25) is 5.02 Å². The normalized spacial score (nSPS) is 12.5. The van der Waals surface area contributed by atoms with Crippen LogP contribution in [0, 0.1) is 0 Å². The van der Waals surface area contributed by atoms with Crippen molar-refractivity contribution in [1.82, 2.24) is 10.0 Å². The molecule has 1 heterocycles. The summed E-state index contributed by atoms with van der Waals surface area (Å²) in [6.07, 6.45) is 0. The molecule has 1 atom stereocenters. The third-order valence-electron chi connectivity index (χ3n) is 3.84. The average molecular weight is 421 g/mol. The van der Waals surface area contributed by atoms with Crippen molar-refractivity contribution in [3.8, 4) is 0 Å². The number of carbonyl (C=O) groups is 1. The Bertz CT molecular complexity index is 1010. The Morgan fingerprint density at radius 2 is 1.70 bits per heavy atom. The molecule has 0 aliphatic rings. The predicted molar refractivity (Wildman–Crippen MR) is 107 cm³/mol. The fourth-order valence-corrected chi connectivity index (χ4v) is 4.87. The maximum Gasteiger partial charge on any atom is 0.251 e. The van der Waals surface area contributed by atoms with Gasteiger partial charge in [-0.15, -0.1) is 11.3 Å². The van der Waals surface area contributed by atoms with Crippen LogP contribution in [0.15, 0.2) is 76.3 Å². The predicted octanol–water partition coefficient (Wildman–Crippen LogP) is 3.74. The molecule has 0 bridgehead atoms. The number of hydrogen-bond donors (Lipinski definition) is 2. The SMILES string of the molecule is O=C(NCc1ccccc1Cl)[C@@H](NS(=O)(=O)c1cccs1)c1ccccc1. The number of sulfonamides is 1. The summed E-state index contributed by atoms with van der Waals surface area (Å²) >= 11 is 7.21. The second-order valence-corrected chi connectivity index (χ2v) is 9.00. The summed E-state index contributed by atoms with van der Waals surface area (Å²) in [5, 5.41) is 4.96. The van der Waals surface area contributed by atoms with Crippen LogP contribution in [0.1, 0.15) is 17.2 Å². The van der Waals surface area contributed by atoms with Crippen LogP contribution < -0.4 is 10.0 Å². The van der Waals surface area contributed by atoms with Gasteiger partial charge in [0.2, 0.25) is 5.91 Å². The number of rotatable bonds is 7. The van der Waals surface area contributed by atoms with Crippen LogP contribution in [0.5, 0.6) is 0 Å². The minimum Gasteiger partial charge on any atom is -0.350 e. The van der Waals surface area contributed by atoms with Gasteiger partial charge in [0, 0.05) is 11.6 Å². The molecule has 0 saturated heterocycles. The Balaban J connectivity index is 1.82. The van der Waals surface area contributed by atoms with Gasteiger partial charge in [-0.25, -0.2) is 8.42 Å². The van der Waals surface area contributed by atoms with Crippen molar-refractivity contribution in [2.24, 2.45) is 0 Å². The van der Waals surface area contributed by atoms with Gasteiger partial charge in [-0.2, -0.15) is 4.72 Å². The Labute approximate surface area is 167 Å². The van der Waals surface area contributed by atoms with E-state index < -0.39 is 22.0 Å². The molecular formula is C19H17ClN2O3S2. The van der Waals surface area contributed by atoms with E-state index in [1.165, 1.54) is 6.07 Å². The van der Waals surface area contributed by atoms with Crippen LogP contribution in [-0.4, -0.2) is 14.3 Å². The molecule has 0 radical (unpaired) electrons. The fourth-order valence-electron chi connectivity index (χ4n) is 2.47. The highest BCUT2D eigenvalue weighted by Gasteiger charge is 2.27. The minimum absolute atomic E-state index is 0.155. The van der Waals surface area contributed by atoms with Crippen molar-refractivity contribution in [2.45, 2.75) is 16.8 Å². The molecule has 8 heteroatoms. The summed E-state index contributed by atoms with van der Waals surface area (Å²) in [5.74, 6) is -0.457. The molecule has 27 heavy (non-hydrogen) atoms. The van der Waals surface area contributed by atoms with Crippen LogP contribution in [0.3, 0.4) is 0 Å². The first-order valence-corrected chi connectivity index (χ1v) is 10.8. The molecule has 5 nitrogen and oxygen atoms in total. The van der Waals surface area contributed by atoms with E-state index in [0.717, 1.165) is 16.9 Å². The molecule has 0 fully saturated rings. The van der Waals surface area contributed by atoms with Gasteiger partial charge >= 0.3 is 0 Å². The van der Waals surface area contributed by atoms with Gasteiger partial charge in [0.15, 0.2) is 0 Å². The van der Waals surface area contributed by atoms with Crippen LogP contribution in [0.4, 0.5) is 0 Å². The topological polar surface area (TPSA) is 75.3 Å². The van der Waals surface area contributed by atoms with Crippen LogP contribution in [-0.2, 0) is 21.4 Å². The molecule has 0 unspecified atom stereocenters. The van der Waals surface area contributed by atoms with Gasteiger partial charge in [0.1, 0.15) is 10.3 Å². The first-order valence-electron chi connectivity index (χ1n) is 8.09. The Morgan fingerprint density at radius 3 is 2.37 bits per heavy atom. The van der Waals surface area contributed by atoms with E-state index in [1.54, 1.807) is 60.0 Å². The van der Waals surface area contributed by atoms with Gasteiger partial charge in [0.05, 0.1) is 0 Å². The zero-order chi connectivity index (χ0) is 19.3. The largest absolute Gasteiger partial charge is 0.350 e. The lowest BCUT2D eigenvalue weighted by atomic mass is 10.1. The number of thiophene rings is 1. The lowest BCUT2D eigenvalue weighted by Crippen LogP contribution is -2.40. The average Bonchev–Trinajstić information content (AvgIpc) is 3.22. The van der Waals surface area contributed by atoms with Gasteiger partial charge in [-0.1, -0.05) is 66.2 Å². The molecule has 0 spiro atoms. The van der Waals surface area contributed by atoms with E-state index in [-0.39, 0.29) is 10.8 Å². The second-order valence-electron chi connectivity index (χ2n) is 5.71. The zero-order valence-electron chi connectivity index (χ0n) is 14.1. The first-order chi connectivity index (χ1) is 13.0. The van der Waals surface area contributed by atoms with E-state index in [4.69, 9.17) is 11.6 Å². The summed E-state index contributed by atoms with van der Waals surface area (Å²) in [6, 6.07) is 18.0. The highest BCUT2D eigenvalue weighted by atomic mass is 35.5. The molecule has 1 amide bonds. The minimum atomic E-state index is -3.82. The van der Waals surface area contributed by atoms with E-state index >= 15 is 0 Å². The monoisotopic (exact) mass is 420 g/mol. The maximum absolute atomic E-state index is 12.8. The quantitative estimate of drug-likeness (QED) is 0.611. The molecule has 3 aromatic rings. The van der Waals surface area contributed by atoms with E-state index in [2.05, 4.69) is 10.0 Å². The summed E-state index contributed by atoms with van der Waals surface area (Å²) in [6.45, 7) is 0.197. The summed E-state index contributed by atoms with van der Waals surface area (Å²) in [7, 11) is -3.82. The van der Waals surface area contributed by atoms with Crippen molar-refractivity contribution in [2.75, 3.05) is 0 Å². The van der Waals surface area contributed by atoms with Crippen molar-refractivity contribution in [1.29, 1.82) is 0 Å². The highest BCUT2D eigenvalue weighted by molar-refractivity contribution is 7.91. The number of benzene rings is 2. The van der Waals surface area contributed by atoms with Gasteiger partial charge in [-0.3, -0.25) is 4.79 Å². The first kappa shape index (κ1) is 19.6. The number of nitrogens with one attached hydrogen (secondary N) is 2. The third kappa shape index (κ3) is 4.95. The standard InChI is InChI=1S/C19H17ClN2O3S2/c20-16-10-5-4-9-15(16)13-21-19(23)18(14-7-2-1-3-8-14)22-27(24,25)17-11-6-12-26-17/h1-12,18,22H,13H2,(H,21,23)/t18-/m0/s1. The number of hydrogen-bond acceptors (Lipinski definition) is 4. The lowest BCUT2D eigenvalue weighted by Gasteiger charge is -2.19. The Kier molecular flexibility index (Phi) is 6.28. The molecule has 1 aromatic heterocycles. The van der Waals surface area contributed by atoms with Crippen molar-refractivity contribution in [3.63, 3.8) is 0 Å². The number of halogens is 1. The van der Waals surface area contributed by atoms with E-state index in [1.807, 2.05) is 6.07 Å². The summed E-state index contributed by atoms with van der Waals surface area (Å²) in [4.78, 5) is 12.8. The molecule has 0 aliphatic heterocycles. The van der Waals surface area contributed by atoms with Crippen molar-refractivity contribution < 1.29 is 13.2 Å². The molecular weight excluding hydrogens is 404 g/mol. The third-order valence-corrected chi connectivity index (χ3v) is 7.03. The number of carbonyl (C=O) groups excluding carboxylic acids is 1. The number of amides is 1. The highest BCUT2D eigenvalue weighted by Crippen LogP contribution is 2.21. The molecule has 0 saturated carbocycles. The Hall–Kier alpha value is -2.19. The maximum atomic E-state index is 12.8. The fraction of sp³-hybridized carbons (Fsp3) is 0.105. The van der Waals surface area contributed by atoms with Crippen LogP contribution in [0.25, 0.3) is 0 Å². The van der Waals surface area contributed by atoms with E-state index in [0.29, 0.717) is 10.6 Å². The smallest absolute Gasteiger partial charge is 0.251 e. The van der Waals surface area contributed by atoms with Gasteiger partial charge in [-0.05, 0) is 28.6 Å². The summed E-state index contributed by atoms with van der Waals surface area (Å²) < 4.78 is 27.9. The van der Waals surface area contributed by atoms with E-state index in [9.17, 15) is 13.2 Å². The zero-order valence-corrected chi connectivity index (χ0v) is 16.5. The molecule has 140 valence electrons. The molecule has 2 N–H and O–H groups in total. The van der Waals surface area contributed by atoms with Crippen LogP contribution >= 0.6 is 22.9 Å².